The molecule has 1 saturated heterocycles. The van der Waals surface area contributed by atoms with Gasteiger partial charge in [-0.15, -0.1) is 0 Å². The van der Waals surface area contributed by atoms with Crippen molar-refractivity contribution in [3.63, 3.8) is 0 Å². The zero-order valence-electron chi connectivity index (χ0n) is 11.0. The van der Waals surface area contributed by atoms with Crippen LogP contribution in [-0.4, -0.2) is 30.1 Å². The van der Waals surface area contributed by atoms with Crippen LogP contribution in [-0.2, 0) is 0 Å². The van der Waals surface area contributed by atoms with Crippen LogP contribution >= 0.6 is 0 Å². The van der Waals surface area contributed by atoms with Crippen molar-refractivity contribution in [1.82, 2.24) is 4.90 Å². The number of nitrogens with two attached hydrogens (primary N) is 1. The molecule has 2 N–H and O–H groups in total. The second-order valence-corrected chi connectivity index (χ2v) is 5.97. The maximum atomic E-state index is 6.06. The quantitative estimate of drug-likeness (QED) is 0.776. The predicted molar refractivity (Wildman–Crippen MR) is 67.0 cm³/mol. The maximum Gasteiger partial charge on any atom is 0.0226 e. The van der Waals surface area contributed by atoms with Gasteiger partial charge in [-0.05, 0) is 45.2 Å². The topological polar surface area (TPSA) is 29.3 Å². The molecule has 1 heterocycles. The minimum atomic E-state index is -0.0432. The minimum absolute atomic E-state index is 0.0432. The lowest BCUT2D eigenvalue weighted by molar-refractivity contribution is 0.0835. The fourth-order valence-corrected chi connectivity index (χ4v) is 2.72. The van der Waals surface area contributed by atoms with Crippen LogP contribution in [0.15, 0.2) is 0 Å². The van der Waals surface area contributed by atoms with Crippen LogP contribution in [0.5, 0.6) is 0 Å². The number of hydrogen-bond donors (Lipinski definition) is 1. The van der Waals surface area contributed by atoms with Gasteiger partial charge in [-0.2, -0.15) is 0 Å². The van der Waals surface area contributed by atoms with Crippen molar-refractivity contribution in [1.29, 1.82) is 0 Å². The highest BCUT2D eigenvalue weighted by Gasteiger charge is 2.32. The summed E-state index contributed by atoms with van der Waals surface area (Å²) in [5.74, 6) is 0. The first-order valence-corrected chi connectivity index (χ1v) is 6.42. The van der Waals surface area contributed by atoms with Gasteiger partial charge in [0.15, 0.2) is 0 Å². The fourth-order valence-electron chi connectivity index (χ4n) is 2.72. The van der Waals surface area contributed by atoms with Gasteiger partial charge in [0.2, 0.25) is 0 Å². The lowest BCUT2D eigenvalue weighted by Gasteiger charge is -2.42. The minimum Gasteiger partial charge on any atom is -0.324 e. The Labute approximate surface area is 95.2 Å². The number of likely N-dealkylation sites (tertiary alicyclic amines) is 1. The average Bonchev–Trinajstić information content (AvgIpc) is 2.17. The van der Waals surface area contributed by atoms with Crippen molar-refractivity contribution >= 4 is 0 Å². The van der Waals surface area contributed by atoms with Crippen molar-refractivity contribution in [3.8, 4) is 0 Å². The largest absolute Gasteiger partial charge is 0.324 e. The molecule has 0 amide bonds. The molecule has 15 heavy (non-hydrogen) atoms. The summed E-state index contributed by atoms with van der Waals surface area (Å²) in [5, 5.41) is 0. The van der Waals surface area contributed by atoms with Gasteiger partial charge in [0.05, 0.1) is 0 Å². The maximum absolute atomic E-state index is 6.06. The van der Waals surface area contributed by atoms with Gasteiger partial charge in [-0.3, -0.25) is 0 Å². The molecule has 1 aliphatic heterocycles. The van der Waals surface area contributed by atoms with E-state index in [1.54, 1.807) is 0 Å². The molecule has 90 valence electrons. The number of nitrogens with zero attached hydrogens (tertiary/aromatic N) is 1. The van der Waals surface area contributed by atoms with Crippen LogP contribution in [0.25, 0.3) is 0 Å². The van der Waals surface area contributed by atoms with Gasteiger partial charge in [-0.1, -0.05) is 26.7 Å². The number of rotatable bonds is 4. The molecule has 1 fully saturated rings. The van der Waals surface area contributed by atoms with E-state index in [0.717, 1.165) is 6.54 Å². The lowest BCUT2D eigenvalue weighted by Crippen LogP contribution is -2.49. The summed E-state index contributed by atoms with van der Waals surface area (Å²) in [5.41, 5.74) is 6.65. The Kier molecular flexibility index (Phi) is 4.19. The Hall–Kier alpha value is -0.0800. The molecule has 0 spiro atoms. The molecule has 2 nitrogen and oxygen atoms in total. The smallest absolute Gasteiger partial charge is 0.0226 e. The second-order valence-electron chi connectivity index (χ2n) is 5.97. The standard InChI is InChI=1S/C13H28N2/c1-5-13(6-2)7-9-15(10-8-13)11-12(3,4)14/h5-11,14H2,1-4H3. The van der Waals surface area contributed by atoms with E-state index in [4.69, 9.17) is 5.73 Å². The average molecular weight is 212 g/mol. The van der Waals surface area contributed by atoms with Crippen LogP contribution in [0, 0.1) is 5.41 Å². The van der Waals surface area contributed by atoms with Crippen molar-refractivity contribution in [3.05, 3.63) is 0 Å². The van der Waals surface area contributed by atoms with E-state index in [0.29, 0.717) is 5.41 Å². The predicted octanol–water partition coefficient (Wildman–Crippen LogP) is 2.63. The van der Waals surface area contributed by atoms with Crippen molar-refractivity contribution in [2.45, 2.75) is 58.9 Å². The van der Waals surface area contributed by atoms with Crippen molar-refractivity contribution in [2.75, 3.05) is 19.6 Å². The first-order chi connectivity index (χ1) is 6.91. The lowest BCUT2D eigenvalue weighted by atomic mass is 9.74. The van der Waals surface area contributed by atoms with E-state index in [2.05, 4.69) is 32.6 Å². The molecule has 1 aliphatic rings. The first-order valence-electron chi connectivity index (χ1n) is 6.42. The molecule has 0 aromatic heterocycles. The van der Waals surface area contributed by atoms with Crippen molar-refractivity contribution in [2.24, 2.45) is 11.1 Å². The summed E-state index contributed by atoms with van der Waals surface area (Å²) in [7, 11) is 0. The first kappa shape index (κ1) is 13.0. The van der Waals surface area contributed by atoms with E-state index in [1.165, 1.54) is 38.8 Å². The van der Waals surface area contributed by atoms with Gasteiger partial charge in [0, 0.05) is 12.1 Å². The Morgan fingerprint density at radius 3 is 1.93 bits per heavy atom. The van der Waals surface area contributed by atoms with E-state index < -0.39 is 0 Å². The molecule has 2 heteroatoms. The van der Waals surface area contributed by atoms with Crippen LogP contribution in [0.3, 0.4) is 0 Å². The van der Waals surface area contributed by atoms with Crippen molar-refractivity contribution < 1.29 is 0 Å². The third kappa shape index (κ3) is 3.76. The summed E-state index contributed by atoms with van der Waals surface area (Å²) < 4.78 is 0. The summed E-state index contributed by atoms with van der Waals surface area (Å²) in [6.07, 6.45) is 5.39. The van der Waals surface area contributed by atoms with E-state index >= 15 is 0 Å². The molecule has 0 radical (unpaired) electrons. The van der Waals surface area contributed by atoms with Crippen LogP contribution in [0.2, 0.25) is 0 Å². The summed E-state index contributed by atoms with van der Waals surface area (Å²) in [6, 6.07) is 0. The Balaban J connectivity index is 2.42. The van der Waals surface area contributed by atoms with Gasteiger partial charge in [-0.25, -0.2) is 0 Å². The summed E-state index contributed by atoms with van der Waals surface area (Å²) in [6.45, 7) is 12.4. The normalized spacial score (nSPS) is 23.0. The SMILES string of the molecule is CCC1(CC)CCN(CC(C)(C)N)CC1. The molecule has 0 aromatic carbocycles. The second kappa shape index (κ2) is 4.84. The fraction of sp³-hybridized carbons (Fsp3) is 1.00. The highest BCUT2D eigenvalue weighted by Crippen LogP contribution is 2.37. The van der Waals surface area contributed by atoms with E-state index in [9.17, 15) is 0 Å². The molecule has 0 saturated carbocycles. The Morgan fingerprint density at radius 1 is 1.13 bits per heavy atom. The number of piperidine rings is 1. The van der Waals surface area contributed by atoms with Gasteiger partial charge >= 0.3 is 0 Å². The van der Waals surface area contributed by atoms with Gasteiger partial charge < -0.3 is 10.6 Å². The zero-order chi connectivity index (χ0) is 11.5. The zero-order valence-corrected chi connectivity index (χ0v) is 11.0. The van der Waals surface area contributed by atoms with Gasteiger partial charge in [0.25, 0.3) is 0 Å². The van der Waals surface area contributed by atoms with Gasteiger partial charge in [0.1, 0.15) is 0 Å². The van der Waals surface area contributed by atoms with E-state index in [1.807, 2.05) is 0 Å². The Morgan fingerprint density at radius 2 is 1.60 bits per heavy atom. The molecule has 0 bridgehead atoms. The number of hydrogen-bond acceptors (Lipinski definition) is 2. The molecule has 0 aromatic rings. The Bertz CT molecular complexity index is 179. The summed E-state index contributed by atoms with van der Waals surface area (Å²) in [4.78, 5) is 2.53. The molecule has 1 rings (SSSR count). The highest BCUT2D eigenvalue weighted by molar-refractivity contribution is 4.87. The van der Waals surface area contributed by atoms with Crippen LogP contribution in [0.4, 0.5) is 0 Å². The summed E-state index contributed by atoms with van der Waals surface area (Å²) >= 11 is 0. The molecule has 0 aliphatic carbocycles. The molecular formula is C13H28N2. The third-order valence-corrected chi connectivity index (χ3v) is 4.05. The van der Waals surface area contributed by atoms with Crippen LogP contribution < -0.4 is 5.73 Å². The van der Waals surface area contributed by atoms with Crippen LogP contribution in [0.1, 0.15) is 53.4 Å². The molecule has 0 atom stereocenters. The highest BCUT2D eigenvalue weighted by atomic mass is 15.1. The third-order valence-electron chi connectivity index (χ3n) is 4.05. The van der Waals surface area contributed by atoms with E-state index in [-0.39, 0.29) is 5.54 Å². The molecule has 0 unspecified atom stereocenters. The monoisotopic (exact) mass is 212 g/mol. The molecular weight excluding hydrogens is 184 g/mol.